The topological polar surface area (TPSA) is 29.3 Å². The SMILES string of the molecule is c1ccc(-c2ccc(N(c3ccc4sc5ccccc5c4c3)c3ccc4ccc5oc(-c6ccccc6)nc5c4c3)cc2)cc1. The minimum absolute atomic E-state index is 0.631. The van der Waals surface area contributed by atoms with Gasteiger partial charge in [-0.2, -0.15) is 0 Å². The highest BCUT2D eigenvalue weighted by molar-refractivity contribution is 7.25. The normalized spacial score (nSPS) is 11.6. The van der Waals surface area contributed by atoms with Crippen molar-refractivity contribution in [1.82, 2.24) is 4.98 Å². The van der Waals surface area contributed by atoms with Gasteiger partial charge in [-0.15, -0.1) is 11.3 Å². The van der Waals surface area contributed by atoms with Crippen molar-refractivity contribution < 1.29 is 4.42 Å². The van der Waals surface area contributed by atoms with Crippen LogP contribution in [0.1, 0.15) is 0 Å². The van der Waals surface area contributed by atoms with Gasteiger partial charge < -0.3 is 9.32 Å². The molecule has 3 nitrogen and oxygen atoms in total. The second-order valence-corrected chi connectivity index (χ2v) is 12.3. The zero-order valence-corrected chi connectivity index (χ0v) is 25.0. The monoisotopic (exact) mass is 594 g/mol. The summed E-state index contributed by atoms with van der Waals surface area (Å²) in [5, 5.41) is 4.74. The van der Waals surface area contributed by atoms with Crippen LogP contribution in [0.2, 0.25) is 0 Å². The van der Waals surface area contributed by atoms with Gasteiger partial charge in [-0.3, -0.25) is 0 Å². The minimum Gasteiger partial charge on any atom is -0.436 e. The Morgan fingerprint density at radius 3 is 1.87 bits per heavy atom. The van der Waals surface area contributed by atoms with Crippen LogP contribution in [0.3, 0.4) is 0 Å². The number of rotatable bonds is 5. The van der Waals surface area contributed by atoms with E-state index in [1.165, 1.54) is 31.3 Å². The maximum absolute atomic E-state index is 6.24. The summed E-state index contributed by atoms with van der Waals surface area (Å²) in [5.74, 6) is 0.631. The molecular formula is C41H26N2OS. The molecule has 0 N–H and O–H groups in total. The lowest BCUT2D eigenvalue weighted by Gasteiger charge is -2.26. The van der Waals surface area contributed by atoms with Crippen LogP contribution in [0.15, 0.2) is 162 Å². The molecule has 45 heavy (non-hydrogen) atoms. The molecule has 0 fully saturated rings. The summed E-state index contributed by atoms with van der Waals surface area (Å²) in [4.78, 5) is 7.33. The zero-order valence-electron chi connectivity index (χ0n) is 24.2. The van der Waals surface area contributed by atoms with Crippen LogP contribution in [0.25, 0.3) is 64.6 Å². The number of anilines is 3. The van der Waals surface area contributed by atoms with Gasteiger partial charge in [0.25, 0.3) is 0 Å². The van der Waals surface area contributed by atoms with Crippen LogP contribution in [0.5, 0.6) is 0 Å². The van der Waals surface area contributed by atoms with Crippen LogP contribution < -0.4 is 4.90 Å². The summed E-state index contributed by atoms with van der Waals surface area (Å²) in [6, 6.07) is 55.7. The molecule has 2 aromatic heterocycles. The second-order valence-electron chi connectivity index (χ2n) is 11.2. The van der Waals surface area contributed by atoms with Gasteiger partial charge in [-0.25, -0.2) is 4.98 Å². The first kappa shape index (κ1) is 25.8. The van der Waals surface area contributed by atoms with Crippen molar-refractivity contribution in [2.24, 2.45) is 0 Å². The molecule has 0 aliphatic carbocycles. The molecule has 0 unspecified atom stereocenters. The first-order valence-electron chi connectivity index (χ1n) is 15.0. The standard InChI is InChI=1S/C41H26N2OS/c1-3-9-27(10-4-1)28-15-19-31(20-16-28)43(33-22-24-39-36(26-33)34-13-7-8-14-38(34)45-39)32-21-17-29-18-23-37-40(35(29)25-32)42-41(44-37)30-11-5-2-6-12-30/h1-26H. The number of hydrogen-bond acceptors (Lipinski definition) is 4. The van der Waals surface area contributed by atoms with Crippen LogP contribution in [0, 0.1) is 0 Å². The van der Waals surface area contributed by atoms with E-state index in [-0.39, 0.29) is 0 Å². The average Bonchev–Trinajstić information content (AvgIpc) is 3.72. The number of hydrogen-bond donors (Lipinski definition) is 0. The van der Waals surface area contributed by atoms with E-state index in [1.54, 1.807) is 0 Å². The lowest BCUT2D eigenvalue weighted by Crippen LogP contribution is -2.09. The second kappa shape index (κ2) is 10.5. The zero-order chi connectivity index (χ0) is 29.7. The highest BCUT2D eigenvalue weighted by Gasteiger charge is 2.18. The van der Waals surface area contributed by atoms with Crippen molar-refractivity contribution in [3.05, 3.63) is 158 Å². The van der Waals surface area contributed by atoms with Gasteiger partial charge >= 0.3 is 0 Å². The van der Waals surface area contributed by atoms with Crippen LogP contribution in [-0.2, 0) is 0 Å². The molecule has 0 atom stereocenters. The predicted molar refractivity (Wildman–Crippen MR) is 190 cm³/mol. The third-order valence-corrected chi connectivity index (χ3v) is 9.64. The summed E-state index contributed by atoms with van der Waals surface area (Å²) >= 11 is 1.84. The molecule has 0 saturated heterocycles. The quantitative estimate of drug-likeness (QED) is 0.198. The van der Waals surface area contributed by atoms with Gasteiger partial charge in [0.1, 0.15) is 5.52 Å². The summed E-state index contributed by atoms with van der Waals surface area (Å²) in [5.41, 5.74) is 8.26. The maximum Gasteiger partial charge on any atom is 0.227 e. The molecular weight excluding hydrogens is 569 g/mol. The third kappa shape index (κ3) is 4.46. The maximum atomic E-state index is 6.24. The Labute approximate surface area is 264 Å². The summed E-state index contributed by atoms with van der Waals surface area (Å²) < 4.78 is 8.83. The van der Waals surface area contributed by atoms with Gasteiger partial charge in [0, 0.05) is 48.2 Å². The van der Waals surface area contributed by atoms with Gasteiger partial charge in [-0.05, 0) is 83.2 Å². The lowest BCUT2D eigenvalue weighted by molar-refractivity contribution is 0.620. The fraction of sp³-hybridized carbons (Fsp3) is 0. The van der Waals surface area contributed by atoms with E-state index in [0.29, 0.717) is 5.89 Å². The molecule has 9 rings (SSSR count). The fourth-order valence-electron chi connectivity index (χ4n) is 6.28. The molecule has 0 amide bonds. The molecule has 0 spiro atoms. The highest BCUT2D eigenvalue weighted by Crippen LogP contribution is 2.42. The van der Waals surface area contributed by atoms with Gasteiger partial charge in [0.05, 0.1) is 0 Å². The van der Waals surface area contributed by atoms with Crippen LogP contribution in [0.4, 0.5) is 17.1 Å². The Balaban J connectivity index is 1.23. The van der Waals surface area contributed by atoms with E-state index in [2.05, 4.69) is 126 Å². The highest BCUT2D eigenvalue weighted by atomic mass is 32.1. The molecule has 0 radical (unpaired) electrons. The fourth-order valence-corrected chi connectivity index (χ4v) is 7.36. The number of fused-ring (bicyclic) bond motifs is 6. The minimum atomic E-state index is 0.631. The molecule has 0 bridgehead atoms. The Morgan fingerprint density at radius 2 is 1.07 bits per heavy atom. The molecule has 7 aromatic carbocycles. The van der Waals surface area contributed by atoms with Crippen molar-refractivity contribution in [2.45, 2.75) is 0 Å². The third-order valence-electron chi connectivity index (χ3n) is 8.49. The largest absolute Gasteiger partial charge is 0.436 e. The summed E-state index contributed by atoms with van der Waals surface area (Å²) in [6.07, 6.45) is 0. The Morgan fingerprint density at radius 1 is 0.467 bits per heavy atom. The molecule has 0 aliphatic rings. The van der Waals surface area contributed by atoms with Gasteiger partial charge in [0.2, 0.25) is 5.89 Å². The van der Waals surface area contributed by atoms with Crippen LogP contribution >= 0.6 is 11.3 Å². The molecule has 0 saturated carbocycles. The van der Waals surface area contributed by atoms with E-state index in [1.807, 2.05) is 47.7 Å². The number of nitrogens with zero attached hydrogens (tertiary/aromatic N) is 2. The first-order chi connectivity index (χ1) is 22.3. The van der Waals surface area contributed by atoms with Crippen LogP contribution in [-0.4, -0.2) is 4.98 Å². The average molecular weight is 595 g/mol. The van der Waals surface area contributed by atoms with Gasteiger partial charge in [-0.1, -0.05) is 91.0 Å². The number of thiophene rings is 1. The smallest absolute Gasteiger partial charge is 0.227 e. The van der Waals surface area contributed by atoms with Crippen molar-refractivity contribution in [1.29, 1.82) is 0 Å². The molecule has 0 aliphatic heterocycles. The molecule has 4 heteroatoms. The van der Waals surface area contributed by atoms with Crippen molar-refractivity contribution in [3.63, 3.8) is 0 Å². The van der Waals surface area contributed by atoms with Crippen molar-refractivity contribution in [3.8, 4) is 22.6 Å². The van der Waals surface area contributed by atoms with E-state index in [4.69, 9.17) is 9.40 Å². The lowest BCUT2D eigenvalue weighted by atomic mass is 10.0. The molecule has 2 heterocycles. The van der Waals surface area contributed by atoms with Crippen molar-refractivity contribution >= 4 is 70.4 Å². The molecule has 212 valence electrons. The molecule has 9 aromatic rings. The Kier molecular flexibility index (Phi) is 6.00. The van der Waals surface area contributed by atoms with Crippen molar-refractivity contribution in [2.75, 3.05) is 4.90 Å². The summed E-state index contributed by atoms with van der Waals surface area (Å²) in [7, 11) is 0. The number of oxazole rings is 1. The number of benzene rings is 7. The Bertz CT molecular complexity index is 2480. The van der Waals surface area contributed by atoms with Gasteiger partial charge in [0.15, 0.2) is 5.58 Å². The first-order valence-corrected chi connectivity index (χ1v) is 15.9. The van der Waals surface area contributed by atoms with E-state index >= 15 is 0 Å². The van der Waals surface area contributed by atoms with E-state index in [9.17, 15) is 0 Å². The van der Waals surface area contributed by atoms with E-state index in [0.717, 1.165) is 44.5 Å². The summed E-state index contributed by atoms with van der Waals surface area (Å²) in [6.45, 7) is 0. The van der Waals surface area contributed by atoms with E-state index < -0.39 is 0 Å². The number of aromatic nitrogens is 1. The predicted octanol–water partition coefficient (Wildman–Crippen LogP) is 12.2. The Hall–Kier alpha value is -5.71.